The average Bonchev–Trinajstić information content (AvgIpc) is 3.00. The highest BCUT2D eigenvalue weighted by molar-refractivity contribution is 6.32. The number of hydrogen-bond donors (Lipinski definition) is 1. The molecule has 1 amide bonds. The molecule has 0 atom stereocenters. The molecule has 0 unspecified atom stereocenters. The Morgan fingerprint density at radius 2 is 1.96 bits per heavy atom. The number of nitrogens with zero attached hydrogens (tertiary/aromatic N) is 3. The van der Waals surface area contributed by atoms with Crippen LogP contribution in [0.4, 0.5) is 13.2 Å². The first kappa shape index (κ1) is 19.2. The first-order chi connectivity index (χ1) is 12.8. The van der Waals surface area contributed by atoms with Gasteiger partial charge in [-0.3, -0.25) is 9.20 Å². The lowest BCUT2D eigenvalue weighted by Gasteiger charge is -2.09. The second kappa shape index (κ2) is 7.58. The first-order valence-electron chi connectivity index (χ1n) is 7.56. The number of hydrogen-bond acceptors (Lipinski definition) is 3. The van der Waals surface area contributed by atoms with Gasteiger partial charge in [-0.15, -0.1) is 10.2 Å². The van der Waals surface area contributed by atoms with Crippen LogP contribution in [0.25, 0.3) is 11.7 Å². The van der Waals surface area contributed by atoms with Crippen LogP contribution in [-0.2, 0) is 17.5 Å². The van der Waals surface area contributed by atoms with Gasteiger partial charge in [-0.1, -0.05) is 41.4 Å². The van der Waals surface area contributed by atoms with Gasteiger partial charge in [-0.2, -0.15) is 13.2 Å². The van der Waals surface area contributed by atoms with Crippen molar-refractivity contribution in [2.75, 3.05) is 0 Å². The number of carbonyl (C=O) groups excluding carboxylic acids is 1. The molecule has 2 heterocycles. The summed E-state index contributed by atoms with van der Waals surface area (Å²) in [6.07, 6.45) is -0.582. The molecular weight excluding hydrogens is 404 g/mol. The summed E-state index contributed by atoms with van der Waals surface area (Å²) in [6.45, 7) is -0.134. The van der Waals surface area contributed by atoms with E-state index in [9.17, 15) is 18.0 Å². The molecule has 0 fully saturated rings. The van der Waals surface area contributed by atoms with Crippen LogP contribution in [0.2, 0.25) is 10.0 Å². The normalized spacial score (nSPS) is 12.0. The van der Waals surface area contributed by atoms with Crippen LogP contribution >= 0.6 is 23.2 Å². The van der Waals surface area contributed by atoms with Crippen LogP contribution < -0.4 is 5.32 Å². The quantitative estimate of drug-likeness (QED) is 0.644. The molecule has 3 aromatic rings. The van der Waals surface area contributed by atoms with Gasteiger partial charge in [-0.25, -0.2) is 0 Å². The van der Waals surface area contributed by atoms with Crippen molar-refractivity contribution >= 4 is 40.8 Å². The average molecular weight is 415 g/mol. The number of nitrogens with one attached hydrogen (secondary N) is 1. The Balaban J connectivity index is 1.77. The van der Waals surface area contributed by atoms with E-state index in [-0.39, 0.29) is 23.0 Å². The fourth-order valence-corrected chi connectivity index (χ4v) is 2.74. The molecule has 0 bridgehead atoms. The second-order valence-corrected chi connectivity index (χ2v) is 6.30. The van der Waals surface area contributed by atoms with Crippen LogP contribution in [-0.4, -0.2) is 20.5 Å². The Kier molecular flexibility index (Phi) is 5.38. The number of amides is 1. The fraction of sp³-hybridized carbons (Fsp3) is 0.118. The van der Waals surface area contributed by atoms with Crippen LogP contribution in [0.5, 0.6) is 0 Å². The van der Waals surface area contributed by atoms with E-state index < -0.39 is 17.6 Å². The number of benzene rings is 1. The molecule has 0 aliphatic heterocycles. The molecule has 27 heavy (non-hydrogen) atoms. The number of halogens is 5. The van der Waals surface area contributed by atoms with Crippen molar-refractivity contribution in [3.63, 3.8) is 0 Å². The van der Waals surface area contributed by atoms with E-state index in [1.165, 1.54) is 18.3 Å². The first-order valence-corrected chi connectivity index (χ1v) is 8.32. The summed E-state index contributed by atoms with van der Waals surface area (Å²) in [6, 6.07) is 7.73. The Morgan fingerprint density at radius 3 is 2.67 bits per heavy atom. The van der Waals surface area contributed by atoms with Crippen molar-refractivity contribution in [3.8, 4) is 0 Å². The highest BCUT2D eigenvalue weighted by atomic mass is 35.5. The molecule has 0 spiro atoms. The minimum absolute atomic E-state index is 0.109. The minimum atomic E-state index is -4.63. The van der Waals surface area contributed by atoms with Gasteiger partial charge in [-0.05, 0) is 23.8 Å². The van der Waals surface area contributed by atoms with E-state index in [0.717, 1.165) is 10.5 Å². The summed E-state index contributed by atoms with van der Waals surface area (Å²) < 4.78 is 40.4. The van der Waals surface area contributed by atoms with E-state index in [0.29, 0.717) is 10.6 Å². The lowest BCUT2D eigenvalue weighted by Crippen LogP contribution is -2.21. The van der Waals surface area contributed by atoms with Gasteiger partial charge in [0.1, 0.15) is 5.56 Å². The predicted molar refractivity (Wildman–Crippen MR) is 95.3 cm³/mol. The topological polar surface area (TPSA) is 59.3 Å². The zero-order valence-corrected chi connectivity index (χ0v) is 15.0. The smallest absolute Gasteiger partial charge is 0.345 e. The second-order valence-electron chi connectivity index (χ2n) is 5.45. The van der Waals surface area contributed by atoms with Crippen LogP contribution in [0, 0.1) is 0 Å². The van der Waals surface area contributed by atoms with Gasteiger partial charge < -0.3 is 5.32 Å². The van der Waals surface area contributed by atoms with E-state index >= 15 is 0 Å². The minimum Gasteiger partial charge on any atom is -0.345 e. The summed E-state index contributed by atoms with van der Waals surface area (Å²) in [5.74, 6) is -0.359. The fourth-order valence-electron chi connectivity index (χ4n) is 2.34. The van der Waals surface area contributed by atoms with Gasteiger partial charge >= 0.3 is 6.18 Å². The summed E-state index contributed by atoms with van der Waals surface area (Å²) in [4.78, 5) is 11.9. The van der Waals surface area contributed by atoms with E-state index in [1.807, 2.05) is 0 Å². The number of rotatable bonds is 4. The van der Waals surface area contributed by atoms with Gasteiger partial charge in [0.15, 0.2) is 11.5 Å². The maximum Gasteiger partial charge on any atom is 0.420 e. The van der Waals surface area contributed by atoms with Gasteiger partial charge in [0.05, 0.1) is 11.6 Å². The van der Waals surface area contributed by atoms with Gasteiger partial charge in [0.2, 0.25) is 5.91 Å². The van der Waals surface area contributed by atoms with Crippen molar-refractivity contribution in [1.29, 1.82) is 0 Å². The van der Waals surface area contributed by atoms with Gasteiger partial charge in [0, 0.05) is 17.3 Å². The molecule has 2 aromatic heterocycles. The number of alkyl halides is 3. The number of pyridine rings is 1. The van der Waals surface area contributed by atoms with Crippen molar-refractivity contribution < 1.29 is 18.0 Å². The van der Waals surface area contributed by atoms with Crippen LogP contribution in [0.1, 0.15) is 17.0 Å². The molecular formula is C17H11Cl2F3N4O. The lowest BCUT2D eigenvalue weighted by atomic mass is 10.2. The number of carbonyl (C=O) groups is 1. The standard InChI is InChI=1S/C17H11Cl2F3N4O/c18-11-7-12(17(20,21)22)16-25-24-14(26(16)9-11)8-23-15(27)6-5-10-3-1-2-4-13(10)19/h1-7,9H,8H2,(H,23,27). The number of fused-ring (bicyclic) bond motifs is 1. The highest BCUT2D eigenvalue weighted by Gasteiger charge is 2.35. The van der Waals surface area contributed by atoms with E-state index in [4.69, 9.17) is 23.2 Å². The van der Waals surface area contributed by atoms with E-state index in [2.05, 4.69) is 15.5 Å². The molecule has 1 N–H and O–H groups in total. The summed E-state index contributed by atoms with van der Waals surface area (Å²) in [7, 11) is 0. The Bertz CT molecular complexity index is 1030. The molecule has 0 aliphatic rings. The third kappa shape index (κ3) is 4.40. The predicted octanol–water partition coefficient (Wildman–Crippen LogP) is 4.38. The molecule has 0 saturated carbocycles. The Morgan fingerprint density at radius 1 is 1.22 bits per heavy atom. The number of aromatic nitrogens is 3. The molecule has 5 nitrogen and oxygen atoms in total. The van der Waals surface area contributed by atoms with Crippen LogP contribution in [0.3, 0.4) is 0 Å². The maximum atomic E-state index is 13.1. The largest absolute Gasteiger partial charge is 0.420 e. The third-order valence-corrected chi connectivity index (χ3v) is 4.14. The van der Waals surface area contributed by atoms with Crippen molar-refractivity contribution in [2.45, 2.75) is 12.7 Å². The van der Waals surface area contributed by atoms with Gasteiger partial charge in [0.25, 0.3) is 0 Å². The summed E-state index contributed by atoms with van der Waals surface area (Å²) in [5, 5.41) is 10.2. The molecule has 140 valence electrons. The summed E-state index contributed by atoms with van der Waals surface area (Å²) >= 11 is 11.8. The molecule has 1 aromatic carbocycles. The molecule has 10 heteroatoms. The zero-order valence-electron chi connectivity index (χ0n) is 13.5. The van der Waals surface area contributed by atoms with Crippen molar-refractivity contribution in [2.24, 2.45) is 0 Å². The maximum absolute atomic E-state index is 13.1. The third-order valence-electron chi connectivity index (χ3n) is 3.59. The van der Waals surface area contributed by atoms with Crippen molar-refractivity contribution in [3.05, 3.63) is 69.6 Å². The zero-order chi connectivity index (χ0) is 19.6. The molecule has 3 rings (SSSR count). The Labute approximate surface area is 161 Å². The van der Waals surface area contributed by atoms with Crippen LogP contribution in [0.15, 0.2) is 42.6 Å². The monoisotopic (exact) mass is 414 g/mol. The van der Waals surface area contributed by atoms with E-state index in [1.54, 1.807) is 24.3 Å². The summed E-state index contributed by atoms with van der Waals surface area (Å²) in [5.41, 5.74) is -0.731. The highest BCUT2D eigenvalue weighted by Crippen LogP contribution is 2.33. The van der Waals surface area contributed by atoms with Crippen molar-refractivity contribution in [1.82, 2.24) is 19.9 Å². The lowest BCUT2D eigenvalue weighted by molar-refractivity contribution is -0.136. The molecule has 0 radical (unpaired) electrons. The Hall–Kier alpha value is -2.58. The SMILES string of the molecule is O=C(C=Cc1ccccc1Cl)NCc1nnc2c(C(F)(F)F)cc(Cl)cn12. The molecule has 0 aliphatic carbocycles. The molecule has 0 saturated heterocycles.